The topological polar surface area (TPSA) is 75.7 Å². The number of morpholine rings is 1. The van der Waals surface area contributed by atoms with Crippen molar-refractivity contribution in [2.75, 3.05) is 26.3 Å². The van der Waals surface area contributed by atoms with Gasteiger partial charge in [0, 0.05) is 25.6 Å². The molecule has 0 aromatic heterocycles. The van der Waals surface area contributed by atoms with E-state index in [-0.39, 0.29) is 5.91 Å². The SMILES string of the molecule is CC1CCCC(NC(=O)CCc2ccc(S(=O)(=O)N3CCOCC3)cc2)C1. The molecule has 3 rings (SSSR count). The van der Waals surface area contributed by atoms with Crippen LogP contribution in [0.5, 0.6) is 0 Å². The highest BCUT2D eigenvalue weighted by atomic mass is 32.2. The summed E-state index contributed by atoms with van der Waals surface area (Å²) in [6.45, 7) is 3.90. The van der Waals surface area contributed by atoms with Crippen molar-refractivity contribution >= 4 is 15.9 Å². The van der Waals surface area contributed by atoms with Gasteiger partial charge >= 0.3 is 0 Å². The van der Waals surface area contributed by atoms with Gasteiger partial charge in [-0.3, -0.25) is 4.79 Å². The van der Waals surface area contributed by atoms with Crippen LogP contribution in [0.2, 0.25) is 0 Å². The number of amides is 1. The van der Waals surface area contributed by atoms with Gasteiger partial charge in [0.25, 0.3) is 0 Å². The molecule has 2 unspecified atom stereocenters. The Morgan fingerprint density at radius 3 is 2.56 bits per heavy atom. The van der Waals surface area contributed by atoms with Gasteiger partial charge in [-0.2, -0.15) is 4.31 Å². The molecule has 27 heavy (non-hydrogen) atoms. The van der Waals surface area contributed by atoms with E-state index in [2.05, 4.69) is 12.2 Å². The van der Waals surface area contributed by atoms with Crippen molar-refractivity contribution in [1.82, 2.24) is 9.62 Å². The van der Waals surface area contributed by atoms with Crippen molar-refractivity contribution in [2.45, 2.75) is 56.4 Å². The number of carbonyl (C=O) groups is 1. The predicted molar refractivity (Wildman–Crippen MR) is 104 cm³/mol. The summed E-state index contributed by atoms with van der Waals surface area (Å²) < 4.78 is 31.9. The lowest BCUT2D eigenvalue weighted by molar-refractivity contribution is -0.122. The van der Waals surface area contributed by atoms with Crippen LogP contribution in [0.1, 0.15) is 44.6 Å². The molecule has 7 heteroatoms. The molecule has 150 valence electrons. The normalized spacial score (nSPS) is 24.5. The van der Waals surface area contributed by atoms with Gasteiger partial charge in [-0.15, -0.1) is 0 Å². The molecule has 1 aliphatic heterocycles. The third kappa shape index (κ3) is 5.53. The second-order valence-corrected chi connectivity index (χ2v) is 9.63. The molecule has 1 aromatic rings. The van der Waals surface area contributed by atoms with E-state index >= 15 is 0 Å². The zero-order valence-corrected chi connectivity index (χ0v) is 16.8. The number of rotatable bonds is 6. The zero-order valence-electron chi connectivity index (χ0n) is 16.0. The molecule has 6 nitrogen and oxygen atoms in total. The standard InChI is InChI=1S/C20H30N2O4S/c1-16-3-2-4-18(15-16)21-20(23)10-7-17-5-8-19(9-6-17)27(24,25)22-11-13-26-14-12-22/h5-6,8-9,16,18H,2-4,7,10-15H2,1H3,(H,21,23). The summed E-state index contributed by atoms with van der Waals surface area (Å²) >= 11 is 0. The van der Waals surface area contributed by atoms with Crippen LogP contribution in [0.15, 0.2) is 29.2 Å². The van der Waals surface area contributed by atoms with Gasteiger partial charge in [-0.25, -0.2) is 8.42 Å². The van der Waals surface area contributed by atoms with Gasteiger partial charge in [0.1, 0.15) is 0 Å². The molecule has 0 spiro atoms. The minimum atomic E-state index is -3.46. The Morgan fingerprint density at radius 1 is 1.19 bits per heavy atom. The highest BCUT2D eigenvalue weighted by Gasteiger charge is 2.26. The largest absolute Gasteiger partial charge is 0.379 e. The molecule has 1 amide bonds. The summed E-state index contributed by atoms with van der Waals surface area (Å²) in [5.41, 5.74) is 0.975. The second kappa shape index (κ2) is 9.17. The van der Waals surface area contributed by atoms with Gasteiger partial charge < -0.3 is 10.1 Å². The minimum Gasteiger partial charge on any atom is -0.379 e. The lowest BCUT2D eigenvalue weighted by Gasteiger charge is -2.27. The summed E-state index contributed by atoms with van der Waals surface area (Å²) in [7, 11) is -3.46. The molecule has 1 aliphatic carbocycles. The predicted octanol–water partition coefficient (Wildman–Crippen LogP) is 2.33. The average Bonchev–Trinajstić information content (AvgIpc) is 2.67. The van der Waals surface area contributed by atoms with E-state index in [0.717, 1.165) is 18.4 Å². The van der Waals surface area contributed by atoms with E-state index in [9.17, 15) is 13.2 Å². The van der Waals surface area contributed by atoms with Gasteiger partial charge in [-0.05, 0) is 42.9 Å². The first kappa shape index (κ1) is 20.3. The maximum atomic E-state index is 12.6. The first-order chi connectivity index (χ1) is 12.9. The summed E-state index contributed by atoms with van der Waals surface area (Å²) in [5, 5.41) is 3.14. The van der Waals surface area contributed by atoms with Crippen molar-refractivity contribution in [3.8, 4) is 0 Å². The highest BCUT2D eigenvalue weighted by Crippen LogP contribution is 2.23. The molecule has 1 N–H and O–H groups in total. The molecule has 0 radical (unpaired) electrons. The molecule has 0 bridgehead atoms. The fourth-order valence-corrected chi connectivity index (χ4v) is 5.29. The zero-order chi connectivity index (χ0) is 19.3. The number of hydrogen-bond donors (Lipinski definition) is 1. The minimum absolute atomic E-state index is 0.0825. The van der Waals surface area contributed by atoms with Crippen molar-refractivity contribution < 1.29 is 17.9 Å². The molecular weight excluding hydrogens is 364 g/mol. The Balaban J connectivity index is 1.50. The van der Waals surface area contributed by atoms with Crippen molar-refractivity contribution in [3.63, 3.8) is 0 Å². The highest BCUT2D eigenvalue weighted by molar-refractivity contribution is 7.89. The third-order valence-electron chi connectivity index (χ3n) is 5.47. The second-order valence-electron chi connectivity index (χ2n) is 7.70. The number of carbonyl (C=O) groups excluding carboxylic acids is 1. The molecule has 1 saturated heterocycles. The Labute approximate surface area is 162 Å². The first-order valence-corrected chi connectivity index (χ1v) is 11.4. The van der Waals surface area contributed by atoms with Crippen LogP contribution in [0, 0.1) is 5.92 Å². The summed E-state index contributed by atoms with van der Waals surface area (Å²) in [5.74, 6) is 0.768. The third-order valence-corrected chi connectivity index (χ3v) is 7.39. The average molecular weight is 395 g/mol. The van der Waals surface area contributed by atoms with Crippen molar-refractivity contribution in [2.24, 2.45) is 5.92 Å². The molecule has 1 aromatic carbocycles. The van der Waals surface area contributed by atoms with Gasteiger partial charge in [-0.1, -0.05) is 31.9 Å². The van der Waals surface area contributed by atoms with E-state index in [1.165, 1.54) is 17.1 Å². The number of sulfonamides is 1. The quantitative estimate of drug-likeness (QED) is 0.804. The molecule has 1 saturated carbocycles. The molecule has 1 heterocycles. The lowest BCUT2D eigenvalue weighted by Crippen LogP contribution is -2.40. The number of hydrogen-bond acceptors (Lipinski definition) is 4. The molecule has 2 atom stereocenters. The van der Waals surface area contributed by atoms with Crippen LogP contribution >= 0.6 is 0 Å². The van der Waals surface area contributed by atoms with Crippen LogP contribution in [0.3, 0.4) is 0 Å². The van der Waals surface area contributed by atoms with Crippen LogP contribution in [-0.2, 0) is 26.0 Å². The van der Waals surface area contributed by atoms with Crippen LogP contribution in [0.25, 0.3) is 0 Å². The van der Waals surface area contributed by atoms with Crippen LogP contribution in [0.4, 0.5) is 0 Å². The molecule has 2 fully saturated rings. The van der Waals surface area contributed by atoms with Gasteiger partial charge in [0.2, 0.25) is 15.9 Å². The smallest absolute Gasteiger partial charge is 0.243 e. The van der Waals surface area contributed by atoms with Crippen molar-refractivity contribution in [1.29, 1.82) is 0 Å². The van der Waals surface area contributed by atoms with Crippen LogP contribution < -0.4 is 5.32 Å². The Hall–Kier alpha value is -1.44. The Kier molecular flexibility index (Phi) is 6.89. The van der Waals surface area contributed by atoms with Crippen molar-refractivity contribution in [3.05, 3.63) is 29.8 Å². The summed E-state index contributed by atoms with van der Waals surface area (Å²) in [4.78, 5) is 12.5. The molecule has 2 aliphatic rings. The van der Waals surface area contributed by atoms with E-state index < -0.39 is 10.0 Å². The number of nitrogens with zero attached hydrogens (tertiary/aromatic N) is 1. The van der Waals surface area contributed by atoms with E-state index in [0.29, 0.717) is 56.0 Å². The number of nitrogens with one attached hydrogen (secondary N) is 1. The Bertz CT molecular complexity index is 727. The monoisotopic (exact) mass is 394 g/mol. The first-order valence-electron chi connectivity index (χ1n) is 9.91. The number of benzene rings is 1. The van der Waals surface area contributed by atoms with E-state index in [4.69, 9.17) is 4.74 Å². The summed E-state index contributed by atoms with van der Waals surface area (Å²) in [6, 6.07) is 7.20. The number of aryl methyl sites for hydroxylation is 1. The summed E-state index contributed by atoms with van der Waals surface area (Å²) in [6.07, 6.45) is 5.63. The van der Waals surface area contributed by atoms with E-state index in [1.807, 2.05) is 12.1 Å². The van der Waals surface area contributed by atoms with Crippen LogP contribution in [-0.4, -0.2) is 51.0 Å². The maximum absolute atomic E-state index is 12.6. The fraction of sp³-hybridized carbons (Fsp3) is 0.650. The lowest BCUT2D eigenvalue weighted by atomic mass is 9.87. The fourth-order valence-electron chi connectivity index (χ4n) is 3.89. The molecular formula is C20H30N2O4S. The van der Waals surface area contributed by atoms with E-state index in [1.54, 1.807) is 12.1 Å². The Morgan fingerprint density at radius 2 is 1.89 bits per heavy atom. The number of ether oxygens (including phenoxy) is 1. The maximum Gasteiger partial charge on any atom is 0.243 e. The van der Waals surface area contributed by atoms with Gasteiger partial charge in [0.05, 0.1) is 18.1 Å². The van der Waals surface area contributed by atoms with Gasteiger partial charge in [0.15, 0.2) is 0 Å².